The standard InChI is InChI=1S/C23H21N7O3/c31-20-22(33)30(19-18(27-20)3-1-8-24-19)15-16-4-6-17(7-5-16)21(32)28-11-13-29(14-12-28)23-25-9-2-10-26-23/h1-10H,11-15H2,(H,27,31). The first-order chi connectivity index (χ1) is 16.1. The highest BCUT2D eigenvalue weighted by Gasteiger charge is 2.23. The van der Waals surface area contributed by atoms with Gasteiger partial charge in [-0.3, -0.25) is 19.0 Å². The van der Waals surface area contributed by atoms with Gasteiger partial charge in [0.15, 0.2) is 5.65 Å². The quantitative estimate of drug-likeness (QED) is 0.466. The van der Waals surface area contributed by atoms with Crippen molar-refractivity contribution >= 4 is 23.0 Å². The monoisotopic (exact) mass is 443 g/mol. The minimum Gasteiger partial charge on any atom is -0.337 e. The molecule has 0 aliphatic carbocycles. The molecule has 1 aliphatic rings. The number of aromatic amines is 1. The zero-order chi connectivity index (χ0) is 22.8. The number of rotatable bonds is 4. The van der Waals surface area contributed by atoms with Crippen molar-refractivity contribution < 1.29 is 4.79 Å². The lowest BCUT2D eigenvalue weighted by Gasteiger charge is -2.34. The van der Waals surface area contributed by atoms with Crippen molar-refractivity contribution in [1.29, 1.82) is 0 Å². The third-order valence-electron chi connectivity index (χ3n) is 5.67. The molecule has 1 fully saturated rings. The van der Waals surface area contributed by atoms with Gasteiger partial charge in [-0.2, -0.15) is 0 Å². The van der Waals surface area contributed by atoms with Crippen molar-refractivity contribution in [2.24, 2.45) is 0 Å². The van der Waals surface area contributed by atoms with Crippen molar-refractivity contribution in [1.82, 2.24) is 29.4 Å². The van der Waals surface area contributed by atoms with Crippen LogP contribution in [0.15, 0.2) is 70.6 Å². The molecule has 10 nitrogen and oxygen atoms in total. The highest BCUT2D eigenvalue weighted by Crippen LogP contribution is 2.14. The fourth-order valence-corrected chi connectivity index (χ4v) is 3.93. The summed E-state index contributed by atoms with van der Waals surface area (Å²) >= 11 is 0. The van der Waals surface area contributed by atoms with E-state index >= 15 is 0 Å². The number of nitrogens with one attached hydrogen (secondary N) is 1. The van der Waals surface area contributed by atoms with Gasteiger partial charge in [0.2, 0.25) is 5.95 Å². The fraction of sp³-hybridized carbons (Fsp3) is 0.217. The summed E-state index contributed by atoms with van der Waals surface area (Å²) in [5.74, 6) is 0.626. The molecule has 0 saturated carbocycles. The lowest BCUT2D eigenvalue weighted by molar-refractivity contribution is 0.0746. The number of hydrogen-bond acceptors (Lipinski definition) is 7. The Morgan fingerprint density at radius 3 is 2.30 bits per heavy atom. The molecule has 4 aromatic rings. The Morgan fingerprint density at radius 2 is 1.58 bits per heavy atom. The number of nitrogens with zero attached hydrogens (tertiary/aromatic N) is 6. The van der Waals surface area contributed by atoms with Crippen LogP contribution in [0.5, 0.6) is 0 Å². The van der Waals surface area contributed by atoms with Gasteiger partial charge in [-0.25, -0.2) is 15.0 Å². The van der Waals surface area contributed by atoms with Gasteiger partial charge >= 0.3 is 11.1 Å². The molecule has 33 heavy (non-hydrogen) atoms. The van der Waals surface area contributed by atoms with Gasteiger partial charge in [0.1, 0.15) is 0 Å². The van der Waals surface area contributed by atoms with Crippen molar-refractivity contribution in [2.75, 3.05) is 31.1 Å². The first-order valence-electron chi connectivity index (χ1n) is 10.6. The van der Waals surface area contributed by atoms with Crippen LogP contribution in [0, 0.1) is 0 Å². The van der Waals surface area contributed by atoms with Crippen LogP contribution in [0.4, 0.5) is 5.95 Å². The van der Waals surface area contributed by atoms with Crippen LogP contribution in [0.2, 0.25) is 0 Å². The van der Waals surface area contributed by atoms with E-state index in [1.54, 1.807) is 61.1 Å². The lowest BCUT2D eigenvalue weighted by Crippen LogP contribution is -2.49. The van der Waals surface area contributed by atoms with E-state index in [0.717, 1.165) is 5.56 Å². The number of carbonyl (C=O) groups excluding carboxylic acids is 1. The average Bonchev–Trinajstić information content (AvgIpc) is 2.87. The summed E-state index contributed by atoms with van der Waals surface area (Å²) in [5, 5.41) is 0. The van der Waals surface area contributed by atoms with E-state index in [1.165, 1.54) is 4.57 Å². The number of hydrogen-bond donors (Lipinski definition) is 1. The fourth-order valence-electron chi connectivity index (χ4n) is 3.93. The van der Waals surface area contributed by atoms with Crippen molar-refractivity contribution in [3.63, 3.8) is 0 Å². The van der Waals surface area contributed by atoms with Gasteiger partial charge in [-0.05, 0) is 35.9 Å². The summed E-state index contributed by atoms with van der Waals surface area (Å²) in [6, 6.07) is 12.3. The molecule has 10 heteroatoms. The molecule has 1 aromatic carbocycles. The second-order valence-corrected chi connectivity index (χ2v) is 7.74. The van der Waals surface area contributed by atoms with E-state index < -0.39 is 11.1 Å². The van der Waals surface area contributed by atoms with Gasteiger partial charge in [-0.1, -0.05) is 12.1 Å². The minimum absolute atomic E-state index is 0.0457. The van der Waals surface area contributed by atoms with Crippen LogP contribution >= 0.6 is 0 Å². The molecular weight excluding hydrogens is 422 g/mol. The van der Waals surface area contributed by atoms with Crippen molar-refractivity contribution in [2.45, 2.75) is 6.54 Å². The number of fused-ring (bicyclic) bond motifs is 1. The molecule has 0 atom stereocenters. The Kier molecular flexibility index (Phi) is 5.39. The third-order valence-corrected chi connectivity index (χ3v) is 5.67. The topological polar surface area (TPSA) is 117 Å². The highest BCUT2D eigenvalue weighted by molar-refractivity contribution is 5.94. The summed E-state index contributed by atoms with van der Waals surface area (Å²) in [6.45, 7) is 2.68. The molecule has 1 aliphatic heterocycles. The van der Waals surface area contributed by atoms with E-state index in [4.69, 9.17) is 0 Å². The summed E-state index contributed by atoms with van der Waals surface area (Å²) in [7, 11) is 0. The Balaban J connectivity index is 1.29. The molecule has 1 saturated heterocycles. The van der Waals surface area contributed by atoms with E-state index in [2.05, 4.69) is 24.8 Å². The van der Waals surface area contributed by atoms with Crippen molar-refractivity contribution in [3.8, 4) is 0 Å². The minimum atomic E-state index is -0.692. The van der Waals surface area contributed by atoms with Gasteiger partial charge < -0.3 is 14.8 Å². The molecule has 0 unspecified atom stereocenters. The van der Waals surface area contributed by atoms with E-state index in [0.29, 0.717) is 48.9 Å². The summed E-state index contributed by atoms with van der Waals surface area (Å²) in [4.78, 5) is 56.5. The number of amides is 1. The SMILES string of the molecule is O=C(c1ccc(Cn2c(=O)c(=O)[nH]c3cccnc32)cc1)N1CCN(c2ncccn2)CC1. The molecule has 0 bridgehead atoms. The van der Waals surface area contributed by atoms with E-state index in [-0.39, 0.29) is 12.5 Å². The van der Waals surface area contributed by atoms with Crippen molar-refractivity contribution in [3.05, 3.63) is 92.9 Å². The maximum absolute atomic E-state index is 13.0. The smallest absolute Gasteiger partial charge is 0.318 e. The lowest BCUT2D eigenvalue weighted by atomic mass is 10.1. The number of pyridine rings is 1. The Morgan fingerprint density at radius 1 is 0.879 bits per heavy atom. The second kappa shape index (κ2) is 8.65. The first kappa shape index (κ1) is 20.6. The van der Waals surface area contributed by atoms with Gasteiger partial charge in [0.05, 0.1) is 12.1 Å². The Hall–Kier alpha value is -4.34. The number of anilines is 1. The molecule has 166 valence electrons. The summed E-state index contributed by atoms with van der Waals surface area (Å²) in [6.07, 6.45) is 4.99. The number of carbonyl (C=O) groups is 1. The highest BCUT2D eigenvalue weighted by atomic mass is 16.2. The maximum atomic E-state index is 13.0. The predicted octanol–water partition coefficient (Wildman–Crippen LogP) is 0.885. The van der Waals surface area contributed by atoms with E-state index in [9.17, 15) is 14.4 Å². The van der Waals surface area contributed by atoms with Crippen LogP contribution in [-0.2, 0) is 6.54 Å². The van der Waals surface area contributed by atoms with Crippen LogP contribution < -0.4 is 16.0 Å². The Labute approximate surface area is 188 Å². The number of aromatic nitrogens is 5. The molecule has 1 amide bonds. The average molecular weight is 443 g/mol. The normalized spacial score (nSPS) is 13.9. The molecular formula is C23H21N7O3. The van der Waals surface area contributed by atoms with Gasteiger partial charge in [-0.15, -0.1) is 0 Å². The summed E-state index contributed by atoms with van der Waals surface area (Å²) in [5.41, 5.74) is 0.905. The van der Waals surface area contributed by atoms with Crippen LogP contribution in [0.25, 0.3) is 11.2 Å². The molecule has 4 heterocycles. The van der Waals surface area contributed by atoms with E-state index in [1.807, 2.05) is 4.90 Å². The zero-order valence-electron chi connectivity index (χ0n) is 17.7. The molecule has 1 N–H and O–H groups in total. The van der Waals surface area contributed by atoms with Gasteiger partial charge in [0, 0.05) is 50.3 Å². The molecule has 3 aromatic heterocycles. The zero-order valence-corrected chi connectivity index (χ0v) is 17.7. The largest absolute Gasteiger partial charge is 0.337 e. The van der Waals surface area contributed by atoms with Crippen LogP contribution in [0.3, 0.4) is 0 Å². The predicted molar refractivity (Wildman–Crippen MR) is 122 cm³/mol. The van der Waals surface area contributed by atoms with Crippen LogP contribution in [0.1, 0.15) is 15.9 Å². The molecule has 5 rings (SSSR count). The summed E-state index contributed by atoms with van der Waals surface area (Å²) < 4.78 is 1.34. The Bertz CT molecular complexity index is 1410. The number of piperazine rings is 1. The molecule has 0 radical (unpaired) electrons. The first-order valence-corrected chi connectivity index (χ1v) is 10.6. The maximum Gasteiger partial charge on any atom is 0.318 e. The van der Waals surface area contributed by atoms with Crippen LogP contribution in [-0.4, -0.2) is 61.5 Å². The molecule has 0 spiro atoms. The number of benzene rings is 1. The third kappa shape index (κ3) is 4.10. The second-order valence-electron chi connectivity index (χ2n) is 7.74. The van der Waals surface area contributed by atoms with Gasteiger partial charge in [0.25, 0.3) is 5.91 Å². The number of H-pyrrole nitrogens is 1.